The minimum Gasteiger partial charge on any atom is -0.474 e. The first-order valence-corrected chi connectivity index (χ1v) is 16.2. The Morgan fingerprint density at radius 3 is 2.56 bits per heavy atom. The molecule has 1 aromatic carbocycles. The van der Waals surface area contributed by atoms with Crippen LogP contribution in [0, 0.1) is 12.8 Å². The van der Waals surface area contributed by atoms with Crippen molar-refractivity contribution in [2.45, 2.75) is 77.5 Å². The summed E-state index contributed by atoms with van der Waals surface area (Å²) in [5.74, 6) is -0.0911. The zero-order valence-electron chi connectivity index (χ0n) is 25.5. The zero-order valence-corrected chi connectivity index (χ0v) is 26.3. The Bertz CT molecular complexity index is 1360. The molecule has 2 saturated heterocycles. The van der Waals surface area contributed by atoms with E-state index in [4.69, 9.17) is 9.26 Å². The third-order valence-electron chi connectivity index (χ3n) is 8.58. The highest BCUT2D eigenvalue weighted by molar-refractivity contribution is 7.13. The predicted molar refractivity (Wildman–Crippen MR) is 165 cm³/mol. The molecule has 2 aliphatic rings. The number of rotatable bonds is 11. The van der Waals surface area contributed by atoms with E-state index >= 15 is 0 Å². The summed E-state index contributed by atoms with van der Waals surface area (Å²) >= 11 is 1.62. The number of thiazole rings is 1. The molecule has 11 heteroatoms. The summed E-state index contributed by atoms with van der Waals surface area (Å²) in [7, 11) is 0. The maximum absolute atomic E-state index is 13.9. The minimum absolute atomic E-state index is 0.0583. The molecule has 0 radical (unpaired) electrons. The van der Waals surface area contributed by atoms with E-state index in [-0.39, 0.29) is 29.9 Å². The molecule has 2 aromatic heterocycles. The summed E-state index contributed by atoms with van der Waals surface area (Å²) in [5, 5.41) is 16.9. The quantitative estimate of drug-likeness (QED) is 0.325. The number of carbonyl (C=O) groups is 2. The van der Waals surface area contributed by atoms with Crippen LogP contribution in [0.3, 0.4) is 0 Å². The van der Waals surface area contributed by atoms with Crippen LogP contribution in [0.25, 0.3) is 10.4 Å². The Morgan fingerprint density at radius 1 is 1.14 bits per heavy atom. The van der Waals surface area contributed by atoms with Crippen LogP contribution in [-0.2, 0) is 9.59 Å². The summed E-state index contributed by atoms with van der Waals surface area (Å²) in [4.78, 5) is 36.8. The van der Waals surface area contributed by atoms with Gasteiger partial charge in [0.05, 0.1) is 28.2 Å². The minimum atomic E-state index is -0.568. The fourth-order valence-electron chi connectivity index (χ4n) is 6.02. The van der Waals surface area contributed by atoms with Gasteiger partial charge in [0.2, 0.25) is 11.8 Å². The van der Waals surface area contributed by atoms with Gasteiger partial charge in [-0.25, -0.2) is 4.98 Å². The van der Waals surface area contributed by atoms with Gasteiger partial charge < -0.3 is 24.6 Å². The first-order valence-electron chi connectivity index (χ1n) is 15.3. The second-order valence-electron chi connectivity index (χ2n) is 12.0. The van der Waals surface area contributed by atoms with Crippen molar-refractivity contribution in [3.05, 3.63) is 52.9 Å². The number of nitrogens with one attached hydrogen (secondary N) is 1. The number of ether oxygens (including phenoxy) is 1. The van der Waals surface area contributed by atoms with Gasteiger partial charge in [-0.05, 0) is 61.7 Å². The normalized spacial score (nSPS) is 19.5. The zero-order chi connectivity index (χ0) is 30.5. The summed E-state index contributed by atoms with van der Waals surface area (Å²) in [5.41, 5.74) is 4.97. The fraction of sp³-hybridized carbons (Fsp3) is 0.562. The van der Waals surface area contributed by atoms with E-state index in [0.717, 1.165) is 60.6 Å². The number of aryl methyl sites for hydroxylation is 1. The molecule has 0 bridgehead atoms. The Hall–Kier alpha value is -3.28. The van der Waals surface area contributed by atoms with Crippen molar-refractivity contribution in [1.82, 2.24) is 25.3 Å². The molecule has 0 aliphatic carbocycles. The Kier molecular flexibility index (Phi) is 10.1. The molecule has 3 aromatic rings. The average Bonchev–Trinajstić information content (AvgIpc) is 3.76. The van der Waals surface area contributed by atoms with Crippen molar-refractivity contribution < 1.29 is 24.0 Å². The Morgan fingerprint density at radius 2 is 1.88 bits per heavy atom. The fourth-order valence-corrected chi connectivity index (χ4v) is 6.83. The molecular weight excluding hydrogens is 566 g/mol. The molecular formula is C32H43N5O5S. The van der Waals surface area contributed by atoms with E-state index in [2.05, 4.69) is 32.5 Å². The van der Waals surface area contributed by atoms with Gasteiger partial charge in [-0.15, -0.1) is 11.3 Å². The number of likely N-dealkylation sites (tertiary alicyclic amines) is 2. The van der Waals surface area contributed by atoms with Crippen LogP contribution in [0.1, 0.15) is 75.4 Å². The highest BCUT2D eigenvalue weighted by Gasteiger charge is 2.40. The lowest BCUT2D eigenvalue weighted by Crippen LogP contribution is -2.48. The molecule has 0 spiro atoms. The monoisotopic (exact) mass is 609 g/mol. The van der Waals surface area contributed by atoms with E-state index in [1.165, 1.54) is 0 Å². The van der Waals surface area contributed by atoms with Crippen molar-refractivity contribution >= 4 is 23.2 Å². The van der Waals surface area contributed by atoms with Crippen molar-refractivity contribution in [2.75, 3.05) is 32.8 Å². The van der Waals surface area contributed by atoms with Gasteiger partial charge in [0.15, 0.2) is 5.76 Å². The molecule has 2 fully saturated rings. The maximum Gasteiger partial charge on any atom is 0.254 e. The van der Waals surface area contributed by atoms with Crippen LogP contribution in [0.5, 0.6) is 5.88 Å². The van der Waals surface area contributed by atoms with E-state index < -0.39 is 12.0 Å². The molecule has 2 aliphatic heterocycles. The van der Waals surface area contributed by atoms with Crippen LogP contribution < -0.4 is 10.1 Å². The molecule has 43 heavy (non-hydrogen) atoms. The number of hydrogen-bond acceptors (Lipinski definition) is 9. The molecule has 2 N–H and O–H groups in total. The lowest BCUT2D eigenvalue weighted by atomic mass is 9.91. The predicted octanol–water partition coefficient (Wildman–Crippen LogP) is 4.55. The highest BCUT2D eigenvalue weighted by Crippen LogP contribution is 2.33. The van der Waals surface area contributed by atoms with Crippen LogP contribution in [0.2, 0.25) is 0 Å². The summed E-state index contributed by atoms with van der Waals surface area (Å²) in [6, 6.07) is 9.16. The second kappa shape index (κ2) is 14.0. The van der Waals surface area contributed by atoms with Gasteiger partial charge in [0.1, 0.15) is 18.6 Å². The molecule has 2 amide bonds. The van der Waals surface area contributed by atoms with Crippen LogP contribution in [0.4, 0.5) is 0 Å². The molecule has 4 heterocycles. The number of hydrogen-bond donors (Lipinski definition) is 2. The van der Waals surface area contributed by atoms with Crippen molar-refractivity contribution in [1.29, 1.82) is 0 Å². The SMILES string of the molecule is Cc1ncsc1-c1ccc([C@H](C)NC(=O)[C@@H]2CCCN2C(=O)[C@@H](c2cc(OCCN3CCC(O)CC3)no2)C(C)C)cc1. The van der Waals surface area contributed by atoms with E-state index in [0.29, 0.717) is 31.2 Å². The lowest BCUT2D eigenvalue weighted by molar-refractivity contribution is -0.141. The third kappa shape index (κ3) is 7.45. The van der Waals surface area contributed by atoms with Gasteiger partial charge in [-0.1, -0.05) is 38.1 Å². The first kappa shape index (κ1) is 31.2. The number of carbonyl (C=O) groups excluding carboxylic acids is 2. The summed E-state index contributed by atoms with van der Waals surface area (Å²) in [6.07, 6.45) is 2.74. The van der Waals surface area contributed by atoms with Crippen LogP contribution in [0.15, 0.2) is 40.4 Å². The Labute approximate surface area is 257 Å². The number of benzene rings is 1. The number of nitrogens with zero attached hydrogens (tertiary/aromatic N) is 4. The molecule has 0 unspecified atom stereocenters. The maximum atomic E-state index is 13.9. The smallest absolute Gasteiger partial charge is 0.254 e. The number of aliphatic hydroxyl groups is 1. The van der Waals surface area contributed by atoms with Gasteiger partial charge >= 0.3 is 0 Å². The number of aromatic nitrogens is 2. The third-order valence-corrected chi connectivity index (χ3v) is 9.55. The van der Waals surface area contributed by atoms with Crippen molar-refractivity contribution in [3.8, 4) is 16.3 Å². The molecule has 3 atom stereocenters. The number of amides is 2. The van der Waals surface area contributed by atoms with E-state index in [9.17, 15) is 14.7 Å². The molecule has 232 valence electrons. The van der Waals surface area contributed by atoms with Crippen LogP contribution >= 0.6 is 11.3 Å². The van der Waals surface area contributed by atoms with Gasteiger partial charge in [0.25, 0.3) is 5.88 Å². The van der Waals surface area contributed by atoms with Crippen molar-refractivity contribution in [2.24, 2.45) is 5.92 Å². The lowest BCUT2D eigenvalue weighted by Gasteiger charge is -2.29. The Balaban J connectivity index is 1.18. The number of piperidine rings is 1. The summed E-state index contributed by atoms with van der Waals surface area (Å²) < 4.78 is 11.4. The number of aliphatic hydroxyl groups excluding tert-OH is 1. The molecule has 0 saturated carbocycles. The van der Waals surface area contributed by atoms with Gasteiger partial charge in [-0.2, -0.15) is 0 Å². The first-order chi connectivity index (χ1) is 20.7. The van der Waals surface area contributed by atoms with Crippen molar-refractivity contribution in [3.63, 3.8) is 0 Å². The molecule has 10 nitrogen and oxygen atoms in total. The van der Waals surface area contributed by atoms with Gasteiger partial charge in [0, 0.05) is 32.2 Å². The highest BCUT2D eigenvalue weighted by atomic mass is 32.1. The van der Waals surface area contributed by atoms with Gasteiger partial charge in [-0.3, -0.25) is 14.5 Å². The molecule has 5 rings (SSSR count). The topological polar surface area (TPSA) is 121 Å². The average molecular weight is 610 g/mol. The second-order valence-corrected chi connectivity index (χ2v) is 12.9. The van der Waals surface area contributed by atoms with E-state index in [1.54, 1.807) is 22.3 Å². The summed E-state index contributed by atoms with van der Waals surface area (Å²) in [6.45, 7) is 11.3. The van der Waals surface area contributed by atoms with E-state index in [1.807, 2.05) is 45.3 Å². The standard InChI is InChI=1S/C32H43N5O5S/c1-20(2)29(27-18-28(35-42-27)41-17-16-36-14-11-25(38)12-15-36)32(40)37-13-5-6-26(37)31(39)34-21(3)23-7-9-24(10-8-23)30-22(4)33-19-43-30/h7-10,18-21,25-26,29,38H,5-6,11-17H2,1-4H3,(H,34,39)/t21-,26-,29+/m0/s1. The largest absolute Gasteiger partial charge is 0.474 e. The van der Waals surface area contributed by atoms with Crippen LogP contribution in [-0.4, -0.2) is 81.8 Å².